The van der Waals surface area contributed by atoms with Gasteiger partial charge in [0.1, 0.15) is 5.75 Å². The molecule has 0 saturated heterocycles. The molecule has 0 radical (unpaired) electrons. The fourth-order valence-electron chi connectivity index (χ4n) is 3.83. The highest BCUT2D eigenvalue weighted by Crippen LogP contribution is 2.39. The van der Waals surface area contributed by atoms with E-state index in [1.54, 1.807) is 12.1 Å². The van der Waals surface area contributed by atoms with Crippen molar-refractivity contribution >= 4 is 11.6 Å². The summed E-state index contributed by atoms with van der Waals surface area (Å²) in [6.45, 7) is 3.87. The smallest absolute Gasteiger partial charge is 0.198 e. The number of aryl methyl sites for hydroxylation is 3. The third-order valence-corrected chi connectivity index (χ3v) is 5.21. The van der Waals surface area contributed by atoms with Gasteiger partial charge in [0.15, 0.2) is 11.6 Å². The second-order valence-corrected chi connectivity index (χ2v) is 6.63. The minimum atomic E-state index is -0.233. The Labute approximate surface area is 135 Å². The van der Waals surface area contributed by atoms with Crippen molar-refractivity contribution in [3.63, 3.8) is 0 Å². The highest BCUT2D eigenvalue weighted by Gasteiger charge is 2.35. The Hall–Kier alpha value is -2.42. The van der Waals surface area contributed by atoms with Crippen LogP contribution in [0, 0.1) is 13.8 Å². The molecule has 3 nitrogen and oxygen atoms in total. The van der Waals surface area contributed by atoms with Crippen molar-refractivity contribution in [2.75, 3.05) is 0 Å². The predicted octanol–water partition coefficient (Wildman–Crippen LogP) is 3.66. The van der Waals surface area contributed by atoms with Gasteiger partial charge in [-0.3, -0.25) is 9.59 Å². The quantitative estimate of drug-likeness (QED) is 0.689. The number of hydrogen-bond donors (Lipinski definition) is 1. The van der Waals surface area contributed by atoms with Gasteiger partial charge in [0, 0.05) is 16.7 Å². The van der Waals surface area contributed by atoms with Gasteiger partial charge in [0.25, 0.3) is 0 Å². The van der Waals surface area contributed by atoms with Crippen LogP contribution in [0.15, 0.2) is 18.2 Å². The van der Waals surface area contributed by atoms with E-state index in [0.29, 0.717) is 16.7 Å². The summed E-state index contributed by atoms with van der Waals surface area (Å²) in [5.74, 6) is -0.404. The molecule has 0 amide bonds. The van der Waals surface area contributed by atoms with Crippen LogP contribution in [0.1, 0.15) is 66.9 Å². The first-order valence-electron chi connectivity index (χ1n) is 8.07. The molecule has 1 N–H and O–H groups in total. The lowest BCUT2D eigenvalue weighted by atomic mass is 9.76. The highest BCUT2D eigenvalue weighted by atomic mass is 16.3. The zero-order chi connectivity index (χ0) is 16.3. The lowest BCUT2D eigenvalue weighted by Crippen LogP contribution is -2.25. The molecule has 0 heterocycles. The zero-order valence-corrected chi connectivity index (χ0v) is 13.3. The maximum atomic E-state index is 13.1. The molecule has 2 aromatic carbocycles. The van der Waals surface area contributed by atoms with Crippen molar-refractivity contribution in [3.8, 4) is 5.75 Å². The van der Waals surface area contributed by atoms with Crippen molar-refractivity contribution in [1.29, 1.82) is 0 Å². The van der Waals surface area contributed by atoms with Gasteiger partial charge in [-0.25, -0.2) is 0 Å². The average molecular weight is 306 g/mol. The van der Waals surface area contributed by atoms with Crippen LogP contribution < -0.4 is 0 Å². The van der Waals surface area contributed by atoms with Crippen LogP contribution in [0.5, 0.6) is 5.75 Å². The number of rotatable bonds is 0. The molecule has 4 rings (SSSR count). The molecule has 116 valence electrons. The fraction of sp³-hybridized carbons (Fsp3) is 0.300. The SMILES string of the molecule is Cc1cc2c(cc1C)C(=O)c1c3c(cc(O)c1C2=O)CCCC3. The number of ketones is 2. The molecule has 23 heavy (non-hydrogen) atoms. The minimum Gasteiger partial charge on any atom is -0.507 e. The van der Waals surface area contributed by atoms with Crippen LogP contribution in [0.2, 0.25) is 0 Å². The summed E-state index contributed by atoms with van der Waals surface area (Å²) in [7, 11) is 0. The molecule has 0 bridgehead atoms. The molecule has 2 aliphatic carbocycles. The van der Waals surface area contributed by atoms with Gasteiger partial charge in [0.2, 0.25) is 0 Å². The van der Waals surface area contributed by atoms with E-state index in [0.717, 1.165) is 47.9 Å². The summed E-state index contributed by atoms with van der Waals surface area (Å²) in [5.41, 5.74) is 5.49. The van der Waals surface area contributed by atoms with Crippen molar-refractivity contribution in [2.24, 2.45) is 0 Å². The Morgan fingerprint density at radius 2 is 1.39 bits per heavy atom. The van der Waals surface area contributed by atoms with Crippen molar-refractivity contribution < 1.29 is 14.7 Å². The van der Waals surface area contributed by atoms with Gasteiger partial charge in [-0.15, -0.1) is 0 Å². The Kier molecular flexibility index (Phi) is 2.95. The van der Waals surface area contributed by atoms with Crippen LogP contribution in [-0.2, 0) is 12.8 Å². The molecule has 0 atom stereocenters. The third-order valence-electron chi connectivity index (χ3n) is 5.21. The number of benzene rings is 2. The number of hydrogen-bond acceptors (Lipinski definition) is 3. The summed E-state index contributed by atoms with van der Waals surface area (Å²) in [4.78, 5) is 26.0. The standard InChI is InChI=1S/C20H18O3/c1-10-7-14-15(8-11(10)2)20(23)18-16(21)9-12-5-3-4-6-13(12)17(18)19(14)22/h7-9,21H,3-6H2,1-2H3. The van der Waals surface area contributed by atoms with E-state index < -0.39 is 0 Å². The van der Waals surface area contributed by atoms with Gasteiger partial charge in [-0.1, -0.05) is 0 Å². The van der Waals surface area contributed by atoms with Crippen molar-refractivity contribution in [2.45, 2.75) is 39.5 Å². The first-order chi connectivity index (χ1) is 11.0. The molecule has 2 aromatic rings. The Morgan fingerprint density at radius 1 is 0.826 bits per heavy atom. The van der Waals surface area contributed by atoms with Crippen LogP contribution >= 0.6 is 0 Å². The molecule has 0 fully saturated rings. The Morgan fingerprint density at radius 3 is 2.04 bits per heavy atom. The molecule has 0 aromatic heterocycles. The van der Waals surface area contributed by atoms with Crippen molar-refractivity contribution in [3.05, 3.63) is 62.7 Å². The summed E-state index contributed by atoms with van der Waals surface area (Å²) in [6, 6.07) is 5.27. The van der Waals surface area contributed by atoms with E-state index in [4.69, 9.17) is 0 Å². The molecular formula is C20H18O3. The summed E-state index contributed by atoms with van der Waals surface area (Å²) in [6.07, 6.45) is 3.74. The molecular weight excluding hydrogens is 288 g/mol. The van der Waals surface area contributed by atoms with Gasteiger partial charge in [-0.05, 0) is 80.0 Å². The monoisotopic (exact) mass is 306 g/mol. The van der Waals surface area contributed by atoms with Crippen LogP contribution in [-0.4, -0.2) is 16.7 Å². The highest BCUT2D eigenvalue weighted by molar-refractivity contribution is 6.30. The first-order valence-corrected chi connectivity index (χ1v) is 8.07. The number of aromatic hydroxyl groups is 1. The average Bonchev–Trinajstić information content (AvgIpc) is 2.53. The number of carbonyl (C=O) groups is 2. The van der Waals surface area contributed by atoms with Crippen molar-refractivity contribution in [1.82, 2.24) is 0 Å². The second-order valence-electron chi connectivity index (χ2n) is 6.63. The van der Waals surface area contributed by atoms with E-state index in [9.17, 15) is 14.7 Å². The maximum Gasteiger partial charge on any atom is 0.198 e. The van der Waals surface area contributed by atoms with E-state index in [-0.39, 0.29) is 22.9 Å². The normalized spacial score (nSPS) is 15.9. The molecule has 0 saturated carbocycles. The largest absolute Gasteiger partial charge is 0.507 e. The molecule has 0 unspecified atom stereocenters. The lowest BCUT2D eigenvalue weighted by Gasteiger charge is -2.26. The zero-order valence-electron chi connectivity index (χ0n) is 13.3. The number of phenols is 1. The first kappa shape index (κ1) is 14.2. The summed E-state index contributed by atoms with van der Waals surface area (Å²) in [5, 5.41) is 10.4. The van der Waals surface area contributed by atoms with E-state index in [2.05, 4.69) is 0 Å². The van der Waals surface area contributed by atoms with E-state index >= 15 is 0 Å². The molecule has 3 heteroatoms. The number of phenolic OH excluding ortho intramolecular Hbond substituents is 1. The van der Waals surface area contributed by atoms with E-state index in [1.807, 2.05) is 19.9 Å². The van der Waals surface area contributed by atoms with Crippen LogP contribution in [0.25, 0.3) is 0 Å². The van der Waals surface area contributed by atoms with E-state index in [1.165, 1.54) is 0 Å². The molecule has 0 aliphatic heterocycles. The van der Waals surface area contributed by atoms with Gasteiger partial charge in [0.05, 0.1) is 5.56 Å². The second kappa shape index (κ2) is 4.79. The summed E-state index contributed by atoms with van der Waals surface area (Å²) < 4.78 is 0. The Balaban J connectivity index is 2.05. The maximum absolute atomic E-state index is 13.1. The summed E-state index contributed by atoms with van der Waals surface area (Å²) >= 11 is 0. The van der Waals surface area contributed by atoms with Crippen LogP contribution in [0.4, 0.5) is 0 Å². The van der Waals surface area contributed by atoms with Gasteiger partial charge in [-0.2, -0.15) is 0 Å². The van der Waals surface area contributed by atoms with Crippen LogP contribution in [0.3, 0.4) is 0 Å². The number of carbonyl (C=O) groups excluding carboxylic acids is 2. The van der Waals surface area contributed by atoms with Gasteiger partial charge >= 0.3 is 0 Å². The predicted molar refractivity (Wildman–Crippen MR) is 87.5 cm³/mol. The third kappa shape index (κ3) is 1.89. The molecule has 2 aliphatic rings. The fourth-order valence-corrected chi connectivity index (χ4v) is 3.83. The van der Waals surface area contributed by atoms with Gasteiger partial charge < -0.3 is 5.11 Å². The molecule has 0 spiro atoms. The topological polar surface area (TPSA) is 54.4 Å². The lowest BCUT2D eigenvalue weighted by molar-refractivity contribution is 0.0975. The Bertz CT molecular complexity index is 890. The minimum absolute atomic E-state index is 0.0529. The number of fused-ring (bicyclic) bond motifs is 4.